The highest BCUT2D eigenvalue weighted by Gasteiger charge is 1.97. The fourth-order valence-corrected chi connectivity index (χ4v) is 2.71. The summed E-state index contributed by atoms with van der Waals surface area (Å²) in [6.45, 7) is 2.62. The monoisotopic (exact) mass is 436 g/mol. The van der Waals surface area contributed by atoms with Gasteiger partial charge in [0.15, 0.2) is 0 Å². The maximum atomic E-state index is 10.3. The van der Waals surface area contributed by atoms with Crippen LogP contribution in [0.3, 0.4) is 0 Å². The molecule has 0 aliphatic carbocycles. The molecule has 30 heavy (non-hydrogen) atoms. The van der Waals surface area contributed by atoms with Gasteiger partial charge in [-0.2, -0.15) is 0 Å². The molecule has 0 unspecified atom stereocenters. The van der Waals surface area contributed by atoms with Crippen molar-refractivity contribution >= 4 is 11.9 Å². The van der Waals surface area contributed by atoms with Crippen LogP contribution >= 0.6 is 0 Å². The smallest absolute Gasteiger partial charge is 0.303 e. The van der Waals surface area contributed by atoms with Gasteiger partial charge in [0.25, 0.3) is 5.97 Å². The number of aliphatic carboxylic acids is 2. The van der Waals surface area contributed by atoms with Crippen molar-refractivity contribution in [1.29, 1.82) is 0 Å². The summed E-state index contributed by atoms with van der Waals surface area (Å²) in [5, 5.41) is 40.0. The average Bonchev–Trinajstić information content (AvgIpc) is 2.70. The van der Waals surface area contributed by atoms with Gasteiger partial charge in [0, 0.05) is 13.3 Å². The molecule has 0 aromatic carbocycles. The van der Waals surface area contributed by atoms with Gasteiger partial charge in [0.2, 0.25) is 0 Å². The fraction of sp³-hybridized carbons (Fsp3) is 0.913. The minimum absolute atomic E-state index is 0.345. The highest BCUT2D eigenvalue weighted by atomic mass is 16.4. The summed E-state index contributed by atoms with van der Waals surface area (Å²) in [5.74, 6) is -1.49. The number of rotatable bonds is 18. The molecule has 0 amide bonds. The summed E-state index contributed by atoms with van der Waals surface area (Å²) in [6.07, 6.45) is 19.2. The van der Waals surface area contributed by atoms with Crippen LogP contribution in [-0.2, 0) is 9.59 Å². The van der Waals surface area contributed by atoms with Crippen molar-refractivity contribution < 1.29 is 35.1 Å². The van der Waals surface area contributed by atoms with Gasteiger partial charge in [-0.3, -0.25) is 9.59 Å². The Morgan fingerprint density at radius 1 is 0.633 bits per heavy atom. The molecule has 0 aromatic rings. The molecule has 0 spiro atoms. The van der Waals surface area contributed by atoms with Gasteiger partial charge in [0.1, 0.15) is 6.10 Å². The number of hydrogen-bond donors (Lipinski definition) is 5. The van der Waals surface area contributed by atoms with Gasteiger partial charge >= 0.3 is 5.97 Å². The van der Waals surface area contributed by atoms with E-state index in [0.29, 0.717) is 6.42 Å². The normalized spacial score (nSPS) is 10.1. The SMILES string of the molecule is CC(=O)O.CCCCCCCCCCCCCCCCCC(=O)O.OCC(O)CO. The summed E-state index contributed by atoms with van der Waals surface area (Å²) in [4.78, 5) is 19.3. The molecule has 182 valence electrons. The number of carboxylic acids is 2. The van der Waals surface area contributed by atoms with Crippen LogP contribution in [0.1, 0.15) is 117 Å². The summed E-state index contributed by atoms with van der Waals surface area (Å²) in [5.41, 5.74) is 0. The van der Waals surface area contributed by atoms with Crippen LogP contribution in [0.4, 0.5) is 0 Å². The number of aliphatic hydroxyl groups is 3. The molecule has 7 heteroatoms. The molecule has 0 aromatic heterocycles. The quantitative estimate of drug-likeness (QED) is 0.196. The number of unbranched alkanes of at least 4 members (excludes halogenated alkanes) is 14. The Balaban J connectivity index is -0.000000600. The first-order valence-corrected chi connectivity index (χ1v) is 11.6. The molecule has 0 aliphatic rings. The van der Waals surface area contributed by atoms with Crippen molar-refractivity contribution in [3.8, 4) is 0 Å². The standard InChI is InChI=1S/C18H36O2.C3H8O3.C2H4O2/c1-2-3-4-5-6-7-8-9-10-11-12-13-14-15-16-17-18(19)20;4-1-3(6)2-5;1-2(3)4/h2-17H2,1H3,(H,19,20);3-6H,1-2H2;1H3,(H,3,4). The lowest BCUT2D eigenvalue weighted by molar-refractivity contribution is -0.137. The van der Waals surface area contributed by atoms with Crippen LogP contribution in [0.5, 0.6) is 0 Å². The lowest BCUT2D eigenvalue weighted by Gasteiger charge is -2.03. The Hall–Kier alpha value is -1.18. The minimum Gasteiger partial charge on any atom is -0.481 e. The summed E-state index contributed by atoms with van der Waals surface area (Å²) >= 11 is 0. The second-order valence-electron chi connectivity index (χ2n) is 7.63. The summed E-state index contributed by atoms with van der Waals surface area (Å²) in [7, 11) is 0. The number of hydrogen-bond acceptors (Lipinski definition) is 5. The van der Waals surface area contributed by atoms with Crippen molar-refractivity contribution in [2.45, 2.75) is 123 Å². The molecule has 0 aliphatic heterocycles. The summed E-state index contributed by atoms with van der Waals surface area (Å²) < 4.78 is 0. The third kappa shape index (κ3) is 45.5. The zero-order chi connectivity index (χ0) is 23.5. The van der Waals surface area contributed by atoms with Crippen molar-refractivity contribution in [3.63, 3.8) is 0 Å². The number of carbonyl (C=O) groups is 2. The fourth-order valence-electron chi connectivity index (χ4n) is 2.71. The first-order chi connectivity index (χ1) is 14.3. The zero-order valence-corrected chi connectivity index (χ0v) is 19.4. The molecule has 0 rings (SSSR count). The van der Waals surface area contributed by atoms with Crippen molar-refractivity contribution in [1.82, 2.24) is 0 Å². The van der Waals surface area contributed by atoms with E-state index >= 15 is 0 Å². The van der Waals surface area contributed by atoms with Crippen LogP contribution < -0.4 is 0 Å². The Kier molecular flexibility index (Phi) is 33.5. The molecule has 0 saturated carbocycles. The molecule has 5 N–H and O–H groups in total. The van der Waals surface area contributed by atoms with Gasteiger partial charge in [-0.15, -0.1) is 0 Å². The van der Waals surface area contributed by atoms with E-state index < -0.39 is 18.0 Å². The molecule has 0 bridgehead atoms. The van der Waals surface area contributed by atoms with E-state index in [1.54, 1.807) is 0 Å². The third-order valence-electron chi connectivity index (χ3n) is 4.42. The lowest BCUT2D eigenvalue weighted by atomic mass is 10.0. The van der Waals surface area contributed by atoms with Crippen LogP contribution in [-0.4, -0.2) is 56.8 Å². The average molecular weight is 437 g/mol. The number of aliphatic hydroxyl groups excluding tert-OH is 3. The van der Waals surface area contributed by atoms with Crippen molar-refractivity contribution in [2.24, 2.45) is 0 Å². The molecule has 0 heterocycles. The Bertz CT molecular complexity index is 340. The molecule has 7 nitrogen and oxygen atoms in total. The molecular weight excluding hydrogens is 388 g/mol. The second kappa shape index (κ2) is 30.0. The van der Waals surface area contributed by atoms with Gasteiger partial charge in [0.05, 0.1) is 13.2 Å². The molecule has 0 radical (unpaired) electrons. The van der Waals surface area contributed by atoms with Crippen molar-refractivity contribution in [2.75, 3.05) is 13.2 Å². The van der Waals surface area contributed by atoms with Gasteiger partial charge in [-0.25, -0.2) is 0 Å². The van der Waals surface area contributed by atoms with Gasteiger partial charge in [-0.05, 0) is 6.42 Å². The third-order valence-corrected chi connectivity index (χ3v) is 4.42. The molecule has 0 saturated heterocycles. The lowest BCUT2D eigenvalue weighted by Crippen LogP contribution is -2.15. The summed E-state index contributed by atoms with van der Waals surface area (Å²) in [6, 6.07) is 0. The van der Waals surface area contributed by atoms with Gasteiger partial charge < -0.3 is 25.5 Å². The Labute approximate surface area is 183 Å². The zero-order valence-electron chi connectivity index (χ0n) is 19.4. The first kappa shape index (κ1) is 33.5. The van der Waals surface area contributed by atoms with E-state index in [2.05, 4.69) is 6.92 Å². The molecule has 0 fully saturated rings. The Morgan fingerprint density at radius 2 is 0.900 bits per heavy atom. The van der Waals surface area contributed by atoms with E-state index in [9.17, 15) is 4.79 Å². The Morgan fingerprint density at radius 3 is 1.10 bits per heavy atom. The second-order valence-corrected chi connectivity index (χ2v) is 7.63. The van der Waals surface area contributed by atoms with E-state index in [4.69, 9.17) is 30.3 Å². The van der Waals surface area contributed by atoms with Crippen LogP contribution in [0, 0.1) is 0 Å². The minimum atomic E-state index is -0.954. The topological polar surface area (TPSA) is 135 Å². The largest absolute Gasteiger partial charge is 0.481 e. The van der Waals surface area contributed by atoms with E-state index in [1.807, 2.05) is 0 Å². The maximum absolute atomic E-state index is 10.3. The van der Waals surface area contributed by atoms with E-state index in [0.717, 1.165) is 19.8 Å². The van der Waals surface area contributed by atoms with Crippen molar-refractivity contribution in [3.05, 3.63) is 0 Å². The highest BCUT2D eigenvalue weighted by Crippen LogP contribution is 2.13. The highest BCUT2D eigenvalue weighted by molar-refractivity contribution is 5.66. The molecular formula is C23H48O7. The van der Waals surface area contributed by atoms with Gasteiger partial charge in [-0.1, -0.05) is 96.8 Å². The van der Waals surface area contributed by atoms with Crippen LogP contribution in [0.15, 0.2) is 0 Å². The molecule has 0 atom stereocenters. The first-order valence-electron chi connectivity index (χ1n) is 11.6. The number of carboxylic acid groups (broad SMARTS) is 2. The van der Waals surface area contributed by atoms with E-state index in [1.165, 1.54) is 83.5 Å². The predicted molar refractivity (Wildman–Crippen MR) is 121 cm³/mol. The van der Waals surface area contributed by atoms with Crippen LogP contribution in [0.25, 0.3) is 0 Å². The predicted octanol–water partition coefficient (Wildman–Crippen LogP) is 4.76. The van der Waals surface area contributed by atoms with Crippen LogP contribution in [0.2, 0.25) is 0 Å². The van der Waals surface area contributed by atoms with E-state index in [-0.39, 0.29) is 13.2 Å². The maximum Gasteiger partial charge on any atom is 0.303 e.